The van der Waals surface area contributed by atoms with E-state index < -0.39 is 29.1 Å². The van der Waals surface area contributed by atoms with E-state index in [-0.39, 0.29) is 54.0 Å². The van der Waals surface area contributed by atoms with E-state index in [1.807, 2.05) is 0 Å². The molecule has 0 radical (unpaired) electrons. The summed E-state index contributed by atoms with van der Waals surface area (Å²) in [6.45, 7) is 3.35. The van der Waals surface area contributed by atoms with E-state index in [4.69, 9.17) is 5.73 Å². The van der Waals surface area contributed by atoms with Crippen LogP contribution in [0.5, 0.6) is 0 Å². The van der Waals surface area contributed by atoms with Crippen LogP contribution < -0.4 is 27.6 Å². The van der Waals surface area contributed by atoms with Crippen LogP contribution in [0.4, 0.5) is 5.69 Å². The largest absolute Gasteiger partial charge is 0.346 e. The molecule has 12 heteroatoms. The molecule has 0 saturated carbocycles. The molecule has 28 heavy (non-hydrogen) atoms. The highest BCUT2D eigenvalue weighted by Gasteiger charge is 2.18. The number of anilines is 1. The van der Waals surface area contributed by atoms with Crippen LogP contribution in [0, 0.1) is 5.92 Å². The zero-order valence-electron chi connectivity index (χ0n) is 15.9. The summed E-state index contributed by atoms with van der Waals surface area (Å²) in [6.07, 6.45) is 1.33. The van der Waals surface area contributed by atoms with Crippen molar-refractivity contribution in [3.8, 4) is 0 Å². The summed E-state index contributed by atoms with van der Waals surface area (Å²) in [5, 5.41) is 5.19. The van der Waals surface area contributed by atoms with Gasteiger partial charge in [0.2, 0.25) is 11.8 Å². The number of aryl methyl sites for hydroxylation is 1. The molecule has 0 aromatic carbocycles. The highest BCUT2D eigenvalue weighted by Crippen LogP contribution is 2.11. The number of halogens is 2. The molecule has 0 fully saturated rings. The third kappa shape index (κ3) is 5.31. The van der Waals surface area contributed by atoms with Gasteiger partial charge in [-0.15, -0.1) is 24.8 Å². The first-order valence-electron chi connectivity index (χ1n) is 8.02. The van der Waals surface area contributed by atoms with Crippen LogP contribution in [0.15, 0.2) is 21.9 Å². The number of nitrogens with one attached hydrogen (secondary N) is 2. The van der Waals surface area contributed by atoms with Gasteiger partial charge in [0.25, 0.3) is 5.56 Å². The Balaban J connectivity index is 0.00000364. The molecule has 0 aliphatic heterocycles. The predicted octanol–water partition coefficient (Wildman–Crippen LogP) is -0.486. The summed E-state index contributed by atoms with van der Waals surface area (Å²) in [4.78, 5) is 51.9. The number of nitrogens with zero attached hydrogens (tertiary/aromatic N) is 3. The van der Waals surface area contributed by atoms with E-state index in [1.54, 1.807) is 13.8 Å². The van der Waals surface area contributed by atoms with Gasteiger partial charge in [0.1, 0.15) is 5.65 Å². The van der Waals surface area contributed by atoms with Gasteiger partial charge in [-0.3, -0.25) is 23.5 Å². The van der Waals surface area contributed by atoms with Crippen molar-refractivity contribution in [1.29, 1.82) is 0 Å². The maximum Gasteiger partial charge on any atom is 0.332 e. The molecule has 0 spiro atoms. The van der Waals surface area contributed by atoms with Crippen LogP contribution in [-0.2, 0) is 23.7 Å². The molecule has 4 N–H and O–H groups in total. The van der Waals surface area contributed by atoms with Crippen LogP contribution in [0.25, 0.3) is 11.0 Å². The van der Waals surface area contributed by atoms with Gasteiger partial charge in [-0.25, -0.2) is 9.78 Å². The van der Waals surface area contributed by atoms with E-state index in [0.29, 0.717) is 0 Å². The molecular weight excluding hydrogens is 411 g/mol. The van der Waals surface area contributed by atoms with Crippen molar-refractivity contribution < 1.29 is 9.59 Å². The quantitative estimate of drug-likeness (QED) is 0.579. The lowest BCUT2D eigenvalue weighted by atomic mass is 10.1. The Morgan fingerprint density at radius 3 is 2.36 bits per heavy atom. The van der Waals surface area contributed by atoms with E-state index in [0.717, 1.165) is 4.57 Å². The SMILES string of the molecule is CC(C)[C@H](N)C(=O)NCC(=O)Nc1cnc2c(c1)c(=O)n(C)c(=O)n2C.Cl.Cl. The minimum absolute atomic E-state index is 0. The van der Waals surface area contributed by atoms with Crippen molar-refractivity contribution in [1.82, 2.24) is 19.4 Å². The Bertz CT molecular complexity index is 985. The molecule has 0 aliphatic rings. The fourth-order valence-corrected chi connectivity index (χ4v) is 2.33. The number of fused-ring (bicyclic) bond motifs is 1. The number of pyridine rings is 1. The van der Waals surface area contributed by atoms with Gasteiger partial charge < -0.3 is 16.4 Å². The summed E-state index contributed by atoms with van der Waals surface area (Å²) in [5.74, 6) is -0.960. The summed E-state index contributed by atoms with van der Waals surface area (Å²) in [7, 11) is 2.87. The Morgan fingerprint density at radius 1 is 1.18 bits per heavy atom. The average molecular weight is 435 g/mol. The van der Waals surface area contributed by atoms with Crippen molar-refractivity contribution in [2.45, 2.75) is 19.9 Å². The summed E-state index contributed by atoms with van der Waals surface area (Å²) in [5.41, 5.74) is 5.19. The van der Waals surface area contributed by atoms with Gasteiger partial charge in [0.15, 0.2) is 0 Å². The summed E-state index contributed by atoms with van der Waals surface area (Å²) >= 11 is 0. The maximum atomic E-state index is 12.2. The Morgan fingerprint density at radius 2 is 1.79 bits per heavy atom. The highest BCUT2D eigenvalue weighted by molar-refractivity contribution is 5.96. The molecule has 0 bridgehead atoms. The second-order valence-electron chi connectivity index (χ2n) is 6.34. The summed E-state index contributed by atoms with van der Waals surface area (Å²) in [6, 6.07) is 0.735. The van der Waals surface area contributed by atoms with Crippen LogP contribution in [0.2, 0.25) is 0 Å². The number of carbonyl (C=O) groups excluding carboxylic acids is 2. The van der Waals surface area contributed by atoms with Crippen molar-refractivity contribution >= 4 is 53.3 Å². The Kier molecular flexibility index (Phi) is 9.32. The van der Waals surface area contributed by atoms with Crippen molar-refractivity contribution in [2.24, 2.45) is 25.7 Å². The molecule has 2 rings (SSSR count). The monoisotopic (exact) mass is 434 g/mol. The normalized spacial score (nSPS) is 11.4. The molecule has 0 saturated heterocycles. The average Bonchev–Trinajstić information content (AvgIpc) is 2.61. The molecule has 0 aliphatic carbocycles. The van der Waals surface area contributed by atoms with Gasteiger partial charge in [-0.05, 0) is 12.0 Å². The molecule has 2 aromatic rings. The Hall–Kier alpha value is -2.43. The molecule has 1 atom stereocenters. The summed E-state index contributed by atoms with van der Waals surface area (Å²) < 4.78 is 2.21. The number of hydrogen-bond donors (Lipinski definition) is 3. The smallest absolute Gasteiger partial charge is 0.332 e. The van der Waals surface area contributed by atoms with Crippen LogP contribution >= 0.6 is 24.8 Å². The molecule has 2 amide bonds. The first-order valence-corrected chi connectivity index (χ1v) is 8.02. The van der Waals surface area contributed by atoms with Crippen molar-refractivity contribution in [3.63, 3.8) is 0 Å². The second-order valence-corrected chi connectivity index (χ2v) is 6.34. The van der Waals surface area contributed by atoms with E-state index in [2.05, 4.69) is 15.6 Å². The number of amides is 2. The number of carbonyl (C=O) groups is 2. The lowest BCUT2D eigenvalue weighted by Gasteiger charge is -2.15. The molecule has 10 nitrogen and oxygen atoms in total. The van der Waals surface area contributed by atoms with E-state index in [9.17, 15) is 19.2 Å². The van der Waals surface area contributed by atoms with Gasteiger partial charge in [0, 0.05) is 14.1 Å². The zero-order valence-corrected chi connectivity index (χ0v) is 17.5. The number of aromatic nitrogens is 3. The molecule has 2 aromatic heterocycles. The second kappa shape index (κ2) is 10.2. The third-order valence-corrected chi connectivity index (χ3v) is 4.02. The fourth-order valence-electron chi connectivity index (χ4n) is 2.33. The molecule has 156 valence electrons. The predicted molar refractivity (Wildman–Crippen MR) is 111 cm³/mol. The lowest BCUT2D eigenvalue weighted by molar-refractivity contribution is -0.125. The van der Waals surface area contributed by atoms with E-state index >= 15 is 0 Å². The first-order chi connectivity index (χ1) is 12.1. The molecule has 0 unspecified atom stereocenters. The number of rotatable bonds is 5. The molecule has 2 heterocycles. The third-order valence-electron chi connectivity index (χ3n) is 4.02. The topological polar surface area (TPSA) is 141 Å². The maximum absolute atomic E-state index is 12.2. The van der Waals surface area contributed by atoms with Gasteiger partial charge in [-0.2, -0.15) is 0 Å². The number of nitrogens with two attached hydrogens (primary N) is 1. The number of hydrogen-bond acceptors (Lipinski definition) is 6. The van der Waals surface area contributed by atoms with Gasteiger partial charge >= 0.3 is 5.69 Å². The van der Waals surface area contributed by atoms with Crippen LogP contribution in [0.1, 0.15) is 13.8 Å². The van der Waals surface area contributed by atoms with E-state index in [1.165, 1.54) is 30.9 Å². The van der Waals surface area contributed by atoms with Gasteiger partial charge in [0.05, 0.1) is 29.9 Å². The minimum Gasteiger partial charge on any atom is -0.346 e. The Labute approximate surface area is 173 Å². The fraction of sp³-hybridized carbons (Fsp3) is 0.438. The standard InChI is InChI=1S/C16H22N6O4.2ClH/c1-8(2)12(17)14(24)19-7-11(23)20-9-5-10-13(18-6-9)21(3)16(26)22(4)15(10)25;;/h5-6,8,12H,7,17H2,1-4H3,(H,19,24)(H,20,23);2*1H/t12-;;/m0../s1. The first kappa shape index (κ1) is 25.6. The van der Waals surface area contributed by atoms with Crippen molar-refractivity contribution in [3.05, 3.63) is 33.1 Å². The van der Waals surface area contributed by atoms with Crippen LogP contribution in [0.3, 0.4) is 0 Å². The van der Waals surface area contributed by atoms with Gasteiger partial charge in [-0.1, -0.05) is 13.8 Å². The van der Waals surface area contributed by atoms with Crippen LogP contribution in [-0.4, -0.2) is 38.5 Å². The lowest BCUT2D eigenvalue weighted by Crippen LogP contribution is -2.46. The van der Waals surface area contributed by atoms with Crippen molar-refractivity contribution in [2.75, 3.05) is 11.9 Å². The minimum atomic E-state index is -0.700. The molecular formula is C16H24Cl2N6O4. The zero-order chi connectivity index (χ0) is 19.6. The highest BCUT2D eigenvalue weighted by atomic mass is 35.5.